The number of piperazine rings is 1. The van der Waals surface area contributed by atoms with Crippen molar-refractivity contribution in [2.24, 2.45) is 0 Å². The Morgan fingerprint density at radius 3 is 2.43 bits per heavy atom. The Balaban J connectivity index is 1.55. The van der Waals surface area contributed by atoms with Crippen LogP contribution >= 0.6 is 24.0 Å². The van der Waals surface area contributed by atoms with Crippen LogP contribution in [0.2, 0.25) is 0 Å². The van der Waals surface area contributed by atoms with E-state index in [1.165, 1.54) is 11.8 Å². The molecule has 11 heteroatoms. The first-order valence-electron chi connectivity index (χ1n) is 8.50. The summed E-state index contributed by atoms with van der Waals surface area (Å²) in [5, 5.41) is 11.8. The standard InChI is InChI=1S/C17H21N5O4S2/c1-24-12-5-4-11(10-13(12)25-2)18-16(27)22-8-6-21(7-9-22)15(23)14-19-20-17(26-14)28-3/h4-5,10H,6-9H2,1-3H3,(H,18,27). The van der Waals surface area contributed by atoms with Crippen molar-refractivity contribution in [3.05, 3.63) is 24.1 Å². The number of carbonyl (C=O) groups is 1. The third kappa shape index (κ3) is 4.47. The second kappa shape index (κ2) is 9.11. The van der Waals surface area contributed by atoms with Crippen LogP contribution in [-0.4, -0.2) is 77.7 Å². The molecular formula is C17H21N5O4S2. The zero-order valence-corrected chi connectivity index (χ0v) is 17.4. The first-order chi connectivity index (χ1) is 13.5. The Hall–Kier alpha value is -2.53. The summed E-state index contributed by atoms with van der Waals surface area (Å²) in [5.41, 5.74) is 0.802. The van der Waals surface area contributed by atoms with Crippen LogP contribution in [0.25, 0.3) is 0 Å². The predicted octanol–water partition coefficient (Wildman–Crippen LogP) is 1.96. The van der Waals surface area contributed by atoms with Crippen molar-refractivity contribution < 1.29 is 18.7 Å². The number of benzene rings is 1. The molecule has 9 nitrogen and oxygen atoms in total. The van der Waals surface area contributed by atoms with Gasteiger partial charge in [-0.05, 0) is 30.6 Å². The fraction of sp³-hybridized carbons (Fsp3) is 0.412. The lowest BCUT2D eigenvalue weighted by atomic mass is 10.2. The number of rotatable bonds is 5. The predicted molar refractivity (Wildman–Crippen MR) is 109 cm³/mol. The first-order valence-corrected chi connectivity index (χ1v) is 10.1. The van der Waals surface area contributed by atoms with E-state index in [1.54, 1.807) is 19.1 Å². The van der Waals surface area contributed by atoms with Crippen molar-refractivity contribution >= 4 is 40.7 Å². The SMILES string of the molecule is COc1ccc(NC(=S)N2CCN(C(=O)c3nnc(SC)o3)CC2)cc1OC. The summed E-state index contributed by atoms with van der Waals surface area (Å²) in [7, 11) is 3.17. The summed E-state index contributed by atoms with van der Waals surface area (Å²) in [4.78, 5) is 16.2. The highest BCUT2D eigenvalue weighted by molar-refractivity contribution is 7.98. The second-order valence-corrected chi connectivity index (χ2v) is 7.00. The minimum Gasteiger partial charge on any atom is -0.493 e. The molecule has 28 heavy (non-hydrogen) atoms. The number of thiocarbonyl (C=S) groups is 1. The smallest absolute Gasteiger partial charge is 0.311 e. The van der Waals surface area contributed by atoms with E-state index in [2.05, 4.69) is 15.5 Å². The molecule has 1 aromatic carbocycles. The van der Waals surface area contributed by atoms with Crippen LogP contribution in [0.4, 0.5) is 5.69 Å². The molecule has 1 N–H and O–H groups in total. The Morgan fingerprint density at radius 1 is 1.14 bits per heavy atom. The molecular weight excluding hydrogens is 402 g/mol. The lowest BCUT2D eigenvalue weighted by Crippen LogP contribution is -2.51. The number of hydrogen-bond donors (Lipinski definition) is 1. The van der Waals surface area contributed by atoms with Gasteiger partial charge in [-0.3, -0.25) is 4.79 Å². The maximum Gasteiger partial charge on any atom is 0.311 e. The molecule has 3 rings (SSSR count). The number of methoxy groups -OCH3 is 2. The van der Waals surface area contributed by atoms with Crippen molar-refractivity contribution in [3.63, 3.8) is 0 Å². The van der Waals surface area contributed by atoms with Gasteiger partial charge in [0.05, 0.1) is 14.2 Å². The summed E-state index contributed by atoms with van der Waals surface area (Å²) in [6.07, 6.45) is 1.81. The van der Waals surface area contributed by atoms with Gasteiger partial charge >= 0.3 is 11.8 Å². The number of amides is 1. The lowest BCUT2D eigenvalue weighted by molar-refractivity contribution is 0.0648. The molecule has 2 heterocycles. The van der Waals surface area contributed by atoms with Crippen LogP contribution in [0.1, 0.15) is 10.7 Å². The van der Waals surface area contributed by atoms with Crippen LogP contribution in [0, 0.1) is 0 Å². The molecule has 1 aromatic heterocycles. The highest BCUT2D eigenvalue weighted by Crippen LogP contribution is 2.29. The van der Waals surface area contributed by atoms with E-state index in [4.69, 9.17) is 26.1 Å². The van der Waals surface area contributed by atoms with Crippen LogP contribution < -0.4 is 14.8 Å². The molecule has 1 amide bonds. The molecule has 0 bridgehead atoms. The summed E-state index contributed by atoms with van der Waals surface area (Å²) in [6, 6.07) is 5.50. The number of nitrogens with one attached hydrogen (secondary N) is 1. The molecule has 0 saturated carbocycles. The number of hydrogen-bond acceptors (Lipinski definition) is 8. The Bertz CT molecular complexity index is 852. The average molecular weight is 424 g/mol. The van der Waals surface area contributed by atoms with Gasteiger partial charge in [-0.1, -0.05) is 11.8 Å². The molecule has 0 aliphatic carbocycles. The topological polar surface area (TPSA) is 93.0 Å². The number of aromatic nitrogens is 2. The van der Waals surface area contributed by atoms with Crippen molar-refractivity contribution in [2.75, 3.05) is 52.0 Å². The maximum atomic E-state index is 12.5. The fourth-order valence-corrected chi connectivity index (χ4v) is 3.33. The van der Waals surface area contributed by atoms with Crippen molar-refractivity contribution in [3.8, 4) is 11.5 Å². The van der Waals surface area contributed by atoms with Gasteiger partial charge in [0.2, 0.25) is 0 Å². The van der Waals surface area contributed by atoms with Gasteiger partial charge in [0.15, 0.2) is 16.6 Å². The number of ether oxygens (including phenoxy) is 2. The zero-order valence-electron chi connectivity index (χ0n) is 15.8. The molecule has 1 aliphatic rings. The Morgan fingerprint density at radius 2 is 1.82 bits per heavy atom. The molecule has 0 unspecified atom stereocenters. The number of anilines is 1. The van der Waals surface area contributed by atoms with Crippen LogP contribution in [0.5, 0.6) is 11.5 Å². The highest BCUT2D eigenvalue weighted by Gasteiger charge is 2.27. The van der Waals surface area contributed by atoms with Crippen molar-refractivity contribution in [2.45, 2.75) is 5.22 Å². The highest BCUT2D eigenvalue weighted by atomic mass is 32.2. The summed E-state index contributed by atoms with van der Waals surface area (Å²) >= 11 is 6.81. The van der Waals surface area contributed by atoms with Gasteiger partial charge in [0.25, 0.3) is 5.22 Å². The van der Waals surface area contributed by atoms with Gasteiger partial charge in [-0.2, -0.15) is 0 Å². The van der Waals surface area contributed by atoms with Crippen LogP contribution in [0.3, 0.4) is 0 Å². The Kier molecular flexibility index (Phi) is 6.57. The number of carbonyl (C=O) groups excluding carboxylic acids is 1. The molecule has 0 atom stereocenters. The molecule has 1 saturated heterocycles. The average Bonchev–Trinajstić information content (AvgIpc) is 3.22. The summed E-state index contributed by atoms with van der Waals surface area (Å²) in [5.74, 6) is 1.03. The second-order valence-electron chi connectivity index (χ2n) is 5.86. The normalized spacial score (nSPS) is 14.0. The Labute approximate surface area is 172 Å². The third-order valence-electron chi connectivity index (χ3n) is 4.25. The summed E-state index contributed by atoms with van der Waals surface area (Å²) in [6.45, 7) is 2.25. The maximum absolute atomic E-state index is 12.5. The van der Waals surface area contributed by atoms with E-state index in [0.717, 1.165) is 5.69 Å². The number of nitrogens with zero attached hydrogens (tertiary/aromatic N) is 4. The van der Waals surface area contributed by atoms with Gasteiger partial charge in [0.1, 0.15) is 0 Å². The first kappa shape index (κ1) is 20.2. The number of thioether (sulfide) groups is 1. The molecule has 0 spiro atoms. The molecule has 2 aromatic rings. The molecule has 0 radical (unpaired) electrons. The van der Waals surface area contributed by atoms with E-state index >= 15 is 0 Å². The lowest BCUT2D eigenvalue weighted by Gasteiger charge is -2.35. The van der Waals surface area contributed by atoms with E-state index in [-0.39, 0.29) is 11.8 Å². The van der Waals surface area contributed by atoms with E-state index in [1.807, 2.05) is 29.4 Å². The van der Waals surface area contributed by atoms with Gasteiger partial charge < -0.3 is 29.0 Å². The summed E-state index contributed by atoms with van der Waals surface area (Å²) < 4.78 is 15.9. The largest absolute Gasteiger partial charge is 0.493 e. The van der Waals surface area contributed by atoms with Crippen molar-refractivity contribution in [1.82, 2.24) is 20.0 Å². The van der Waals surface area contributed by atoms with Gasteiger partial charge in [0, 0.05) is 37.9 Å². The van der Waals surface area contributed by atoms with Gasteiger partial charge in [-0.25, -0.2) is 0 Å². The van der Waals surface area contributed by atoms with E-state index in [9.17, 15) is 4.79 Å². The third-order valence-corrected chi connectivity index (χ3v) is 5.13. The van der Waals surface area contributed by atoms with E-state index in [0.29, 0.717) is 48.0 Å². The molecule has 150 valence electrons. The van der Waals surface area contributed by atoms with Gasteiger partial charge in [-0.15, -0.1) is 10.2 Å². The minimum absolute atomic E-state index is 0.0174. The van der Waals surface area contributed by atoms with Crippen molar-refractivity contribution in [1.29, 1.82) is 0 Å². The minimum atomic E-state index is -0.258. The fourth-order valence-electron chi connectivity index (χ4n) is 2.74. The molecule has 1 fully saturated rings. The van der Waals surface area contributed by atoms with E-state index < -0.39 is 0 Å². The van der Waals surface area contributed by atoms with Crippen LogP contribution in [-0.2, 0) is 0 Å². The van der Waals surface area contributed by atoms with Crippen LogP contribution in [0.15, 0.2) is 27.8 Å². The quantitative estimate of drug-likeness (QED) is 0.568. The molecule has 1 aliphatic heterocycles. The zero-order chi connectivity index (χ0) is 20.1. The monoisotopic (exact) mass is 423 g/mol.